The first kappa shape index (κ1) is 11.4. The first-order valence-corrected chi connectivity index (χ1v) is 5.15. The molecule has 1 aliphatic carbocycles. The second kappa shape index (κ2) is 5.97. The molecule has 0 N–H and O–H groups in total. The molecule has 0 aromatic heterocycles. The van der Waals surface area contributed by atoms with Crippen molar-refractivity contribution < 1.29 is 4.79 Å². The molecule has 0 aromatic rings. The summed E-state index contributed by atoms with van der Waals surface area (Å²) in [5.74, 6) is 0.109. The third-order valence-electron chi connectivity index (χ3n) is 2.21. The van der Waals surface area contributed by atoms with Crippen molar-refractivity contribution >= 4 is 5.78 Å². The standard InChI is InChI=1S/C14H16O/c1-3-8-12(9-4-2)14(15)13-10-6-5-7-11-13/h3-6,8-10H,1,7,11H2,2H3. The molecule has 0 bridgehead atoms. The number of hydrogen-bond acceptors (Lipinski definition) is 1. The molecule has 0 saturated carbocycles. The van der Waals surface area contributed by atoms with Crippen LogP contribution in [0.3, 0.4) is 0 Å². The summed E-state index contributed by atoms with van der Waals surface area (Å²) in [4.78, 5) is 12.0. The van der Waals surface area contributed by atoms with E-state index in [1.54, 1.807) is 12.2 Å². The Morgan fingerprint density at radius 3 is 2.87 bits per heavy atom. The number of allylic oxidation sites excluding steroid dienone is 9. The fraction of sp³-hybridized carbons (Fsp3) is 0.214. The molecule has 0 amide bonds. The maximum atomic E-state index is 12.0. The van der Waals surface area contributed by atoms with Gasteiger partial charge >= 0.3 is 0 Å². The van der Waals surface area contributed by atoms with E-state index in [4.69, 9.17) is 0 Å². The zero-order valence-corrected chi connectivity index (χ0v) is 9.07. The minimum absolute atomic E-state index is 0.109. The number of ketones is 1. The van der Waals surface area contributed by atoms with Crippen molar-refractivity contribution in [2.24, 2.45) is 0 Å². The zero-order valence-electron chi connectivity index (χ0n) is 9.07. The van der Waals surface area contributed by atoms with Gasteiger partial charge in [0, 0.05) is 11.1 Å². The Hall–Kier alpha value is -1.63. The van der Waals surface area contributed by atoms with Gasteiger partial charge in [-0.25, -0.2) is 0 Å². The van der Waals surface area contributed by atoms with Crippen LogP contribution in [0.1, 0.15) is 19.8 Å². The van der Waals surface area contributed by atoms with Gasteiger partial charge in [0.15, 0.2) is 5.78 Å². The van der Waals surface area contributed by atoms with Gasteiger partial charge in [-0.3, -0.25) is 4.79 Å². The molecule has 1 aliphatic rings. The second-order valence-electron chi connectivity index (χ2n) is 3.35. The summed E-state index contributed by atoms with van der Waals surface area (Å²) in [6, 6.07) is 0. The van der Waals surface area contributed by atoms with Crippen molar-refractivity contribution in [2.45, 2.75) is 19.8 Å². The summed E-state index contributed by atoms with van der Waals surface area (Å²) in [7, 11) is 0. The van der Waals surface area contributed by atoms with Crippen molar-refractivity contribution in [1.29, 1.82) is 0 Å². The van der Waals surface area contributed by atoms with Crippen molar-refractivity contribution in [3.63, 3.8) is 0 Å². The maximum Gasteiger partial charge on any atom is 0.189 e. The molecule has 0 saturated heterocycles. The van der Waals surface area contributed by atoms with Crippen LogP contribution in [0, 0.1) is 0 Å². The summed E-state index contributed by atoms with van der Waals surface area (Å²) < 4.78 is 0. The molecule has 0 fully saturated rings. The molecule has 1 heteroatoms. The number of carbonyl (C=O) groups is 1. The summed E-state index contributed by atoms with van der Waals surface area (Å²) in [5, 5.41) is 0. The van der Waals surface area contributed by atoms with E-state index in [0.717, 1.165) is 18.4 Å². The number of rotatable bonds is 4. The summed E-state index contributed by atoms with van der Waals surface area (Å²) >= 11 is 0. The number of hydrogen-bond donors (Lipinski definition) is 0. The Kier molecular flexibility index (Phi) is 4.55. The minimum atomic E-state index is 0.109. The van der Waals surface area contributed by atoms with Crippen LogP contribution in [0.25, 0.3) is 0 Å². The van der Waals surface area contributed by atoms with E-state index in [9.17, 15) is 4.79 Å². The highest BCUT2D eigenvalue weighted by Gasteiger charge is 2.12. The van der Waals surface area contributed by atoms with Crippen LogP contribution in [-0.2, 0) is 4.79 Å². The fourth-order valence-electron chi connectivity index (χ4n) is 1.49. The smallest absolute Gasteiger partial charge is 0.189 e. The average molecular weight is 200 g/mol. The lowest BCUT2D eigenvalue weighted by molar-refractivity contribution is -0.112. The molecule has 0 spiro atoms. The molecule has 0 aliphatic heterocycles. The van der Waals surface area contributed by atoms with E-state index in [1.807, 2.05) is 31.2 Å². The van der Waals surface area contributed by atoms with Crippen LogP contribution in [0.2, 0.25) is 0 Å². The molecule has 0 atom stereocenters. The number of carbonyl (C=O) groups excluding carboxylic acids is 1. The van der Waals surface area contributed by atoms with E-state index in [1.165, 1.54) is 0 Å². The normalized spacial score (nSPS) is 16.6. The second-order valence-corrected chi connectivity index (χ2v) is 3.35. The Labute approximate surface area is 91.2 Å². The molecule has 0 heterocycles. The first-order valence-electron chi connectivity index (χ1n) is 5.15. The zero-order chi connectivity index (χ0) is 11.1. The fourth-order valence-corrected chi connectivity index (χ4v) is 1.49. The molecule has 1 nitrogen and oxygen atoms in total. The van der Waals surface area contributed by atoms with Gasteiger partial charge < -0.3 is 0 Å². The molecule has 15 heavy (non-hydrogen) atoms. The third kappa shape index (κ3) is 3.21. The van der Waals surface area contributed by atoms with Crippen LogP contribution in [0.15, 0.2) is 60.3 Å². The van der Waals surface area contributed by atoms with E-state index < -0.39 is 0 Å². The third-order valence-corrected chi connectivity index (χ3v) is 2.21. The van der Waals surface area contributed by atoms with Crippen molar-refractivity contribution in [1.82, 2.24) is 0 Å². The van der Waals surface area contributed by atoms with Gasteiger partial charge in [0.1, 0.15) is 0 Å². The largest absolute Gasteiger partial charge is 0.289 e. The predicted octanol–water partition coefficient (Wildman–Crippen LogP) is 3.52. The van der Waals surface area contributed by atoms with Crippen LogP contribution in [-0.4, -0.2) is 5.78 Å². The van der Waals surface area contributed by atoms with Gasteiger partial charge in [-0.15, -0.1) is 0 Å². The van der Waals surface area contributed by atoms with Crippen molar-refractivity contribution in [2.75, 3.05) is 0 Å². The van der Waals surface area contributed by atoms with Crippen LogP contribution >= 0.6 is 0 Å². The molecular weight excluding hydrogens is 184 g/mol. The highest BCUT2D eigenvalue weighted by Crippen LogP contribution is 2.17. The van der Waals surface area contributed by atoms with Gasteiger partial charge in [0.05, 0.1) is 0 Å². The highest BCUT2D eigenvalue weighted by atomic mass is 16.1. The lowest BCUT2D eigenvalue weighted by Crippen LogP contribution is -2.06. The minimum Gasteiger partial charge on any atom is -0.289 e. The average Bonchev–Trinajstić information content (AvgIpc) is 2.29. The molecule has 0 radical (unpaired) electrons. The van der Waals surface area contributed by atoms with Gasteiger partial charge in [-0.1, -0.05) is 49.1 Å². The van der Waals surface area contributed by atoms with Gasteiger partial charge in [-0.2, -0.15) is 0 Å². The van der Waals surface area contributed by atoms with Crippen LogP contribution < -0.4 is 0 Å². The Balaban J connectivity index is 2.90. The lowest BCUT2D eigenvalue weighted by atomic mass is 9.96. The highest BCUT2D eigenvalue weighted by molar-refractivity contribution is 6.10. The summed E-state index contributed by atoms with van der Waals surface area (Å²) in [6.45, 7) is 5.52. The molecule has 78 valence electrons. The number of Topliss-reactive ketones (excluding diaryl/α,β-unsaturated/α-hetero) is 1. The Morgan fingerprint density at radius 1 is 1.53 bits per heavy atom. The van der Waals surface area contributed by atoms with E-state index in [2.05, 4.69) is 12.7 Å². The van der Waals surface area contributed by atoms with E-state index in [-0.39, 0.29) is 5.78 Å². The van der Waals surface area contributed by atoms with Crippen molar-refractivity contribution in [3.05, 3.63) is 60.3 Å². The van der Waals surface area contributed by atoms with Crippen molar-refractivity contribution in [3.8, 4) is 0 Å². The van der Waals surface area contributed by atoms with Gasteiger partial charge in [0.25, 0.3) is 0 Å². The van der Waals surface area contributed by atoms with Gasteiger partial charge in [-0.05, 0) is 19.8 Å². The first-order chi connectivity index (χ1) is 7.29. The molecular formula is C14H16O. The molecule has 1 rings (SSSR count). The molecule has 0 unspecified atom stereocenters. The predicted molar refractivity (Wildman–Crippen MR) is 64.6 cm³/mol. The quantitative estimate of drug-likeness (QED) is 0.501. The van der Waals surface area contributed by atoms with E-state index in [0.29, 0.717) is 5.57 Å². The van der Waals surface area contributed by atoms with Crippen LogP contribution in [0.5, 0.6) is 0 Å². The van der Waals surface area contributed by atoms with Gasteiger partial charge in [0.2, 0.25) is 0 Å². The SMILES string of the molecule is C=CC=C(C=CC)C(=O)C1=CC=CCC1. The summed E-state index contributed by atoms with van der Waals surface area (Å²) in [5.41, 5.74) is 1.58. The topological polar surface area (TPSA) is 17.1 Å². The monoisotopic (exact) mass is 200 g/mol. The Bertz CT molecular complexity index is 365. The Morgan fingerprint density at radius 2 is 2.33 bits per heavy atom. The molecule has 0 aromatic carbocycles. The summed E-state index contributed by atoms with van der Waals surface area (Å²) in [6.07, 6.45) is 14.8. The van der Waals surface area contributed by atoms with E-state index >= 15 is 0 Å². The maximum absolute atomic E-state index is 12.0. The van der Waals surface area contributed by atoms with Crippen LogP contribution in [0.4, 0.5) is 0 Å². The lowest BCUT2D eigenvalue weighted by Gasteiger charge is -2.08.